The minimum Gasteiger partial charge on any atom is -0.399 e. The van der Waals surface area contributed by atoms with Crippen molar-refractivity contribution in [2.45, 2.75) is 49.5 Å². The molecule has 112 valence electrons. The number of benzene rings is 1. The molecule has 4 N–H and O–H groups in total. The molecule has 0 spiro atoms. The van der Waals surface area contributed by atoms with E-state index in [0.717, 1.165) is 19.3 Å². The molecule has 0 heterocycles. The van der Waals surface area contributed by atoms with Crippen LogP contribution in [0.5, 0.6) is 0 Å². The van der Waals surface area contributed by atoms with Gasteiger partial charge in [0.05, 0.1) is 17.0 Å². The summed E-state index contributed by atoms with van der Waals surface area (Å²) in [5, 5.41) is 9.62. The zero-order valence-electron chi connectivity index (χ0n) is 11.7. The van der Waals surface area contributed by atoms with Crippen molar-refractivity contribution in [3.8, 4) is 0 Å². The first-order chi connectivity index (χ1) is 9.38. The molecule has 0 aliphatic heterocycles. The summed E-state index contributed by atoms with van der Waals surface area (Å²) in [6.45, 7) is 1.56. The first kappa shape index (κ1) is 15.3. The summed E-state index contributed by atoms with van der Waals surface area (Å²) >= 11 is 0. The molecular formula is C14H22N2O3S. The Balaban J connectivity index is 2.32. The maximum absolute atomic E-state index is 12.6. The van der Waals surface area contributed by atoms with Crippen LogP contribution in [0, 0.1) is 6.92 Å². The van der Waals surface area contributed by atoms with Gasteiger partial charge in [-0.1, -0.05) is 25.3 Å². The van der Waals surface area contributed by atoms with Crippen molar-refractivity contribution in [1.29, 1.82) is 0 Å². The average Bonchev–Trinajstić information content (AvgIpc) is 2.42. The van der Waals surface area contributed by atoms with Crippen molar-refractivity contribution >= 4 is 15.7 Å². The highest BCUT2D eigenvalue weighted by atomic mass is 32.2. The molecule has 2 rings (SSSR count). The first-order valence-electron chi connectivity index (χ1n) is 6.90. The highest BCUT2D eigenvalue weighted by Crippen LogP contribution is 2.30. The highest BCUT2D eigenvalue weighted by Gasteiger charge is 2.36. The van der Waals surface area contributed by atoms with Gasteiger partial charge in [-0.05, 0) is 37.5 Å². The monoisotopic (exact) mass is 298 g/mol. The van der Waals surface area contributed by atoms with Gasteiger partial charge in [-0.25, -0.2) is 13.1 Å². The van der Waals surface area contributed by atoms with E-state index < -0.39 is 15.6 Å². The summed E-state index contributed by atoms with van der Waals surface area (Å²) in [4.78, 5) is 0.191. The lowest BCUT2D eigenvalue weighted by molar-refractivity contribution is 0.142. The molecule has 1 aromatic rings. The molecule has 0 atom stereocenters. The van der Waals surface area contributed by atoms with Crippen molar-refractivity contribution in [2.75, 3.05) is 12.3 Å². The third-order valence-corrected chi connectivity index (χ3v) is 5.69. The van der Waals surface area contributed by atoms with Crippen LogP contribution in [0.3, 0.4) is 0 Å². The molecule has 0 bridgehead atoms. The molecule has 6 heteroatoms. The van der Waals surface area contributed by atoms with E-state index in [1.807, 2.05) is 0 Å². The predicted octanol–water partition coefficient (Wildman–Crippen LogP) is 1.55. The largest absolute Gasteiger partial charge is 0.399 e. The van der Waals surface area contributed by atoms with Crippen LogP contribution < -0.4 is 10.5 Å². The minimum absolute atomic E-state index is 0.173. The van der Waals surface area contributed by atoms with Crippen molar-refractivity contribution < 1.29 is 13.5 Å². The van der Waals surface area contributed by atoms with Gasteiger partial charge in [0.25, 0.3) is 0 Å². The van der Waals surface area contributed by atoms with E-state index >= 15 is 0 Å². The van der Waals surface area contributed by atoms with Gasteiger partial charge in [-0.3, -0.25) is 0 Å². The Labute approximate surface area is 120 Å². The Bertz CT molecular complexity index is 578. The van der Waals surface area contributed by atoms with E-state index in [9.17, 15) is 13.5 Å². The van der Waals surface area contributed by atoms with Crippen LogP contribution in [0.15, 0.2) is 23.1 Å². The van der Waals surface area contributed by atoms with Gasteiger partial charge in [0.2, 0.25) is 10.0 Å². The molecule has 0 radical (unpaired) electrons. The molecule has 20 heavy (non-hydrogen) atoms. The lowest BCUT2D eigenvalue weighted by Gasteiger charge is -2.36. The highest BCUT2D eigenvalue weighted by molar-refractivity contribution is 7.89. The zero-order chi connectivity index (χ0) is 14.8. The summed E-state index contributed by atoms with van der Waals surface area (Å²) in [5.74, 6) is 0. The zero-order valence-corrected chi connectivity index (χ0v) is 12.5. The summed E-state index contributed by atoms with van der Waals surface area (Å²) in [6, 6.07) is 4.83. The molecule has 0 saturated heterocycles. The van der Waals surface area contributed by atoms with Crippen molar-refractivity contribution in [3.05, 3.63) is 23.8 Å². The smallest absolute Gasteiger partial charge is 0.241 e. The van der Waals surface area contributed by atoms with Gasteiger partial charge in [0.1, 0.15) is 0 Å². The first-order valence-corrected chi connectivity index (χ1v) is 8.38. The molecule has 1 fully saturated rings. The Morgan fingerprint density at radius 3 is 2.55 bits per heavy atom. The number of nitrogen functional groups attached to an aromatic ring is 1. The van der Waals surface area contributed by atoms with Crippen LogP contribution in [0.2, 0.25) is 0 Å². The van der Waals surface area contributed by atoms with Gasteiger partial charge in [-0.15, -0.1) is 0 Å². The number of hydrogen-bond acceptors (Lipinski definition) is 4. The normalized spacial score (nSPS) is 18.9. The molecule has 1 aliphatic rings. The fourth-order valence-electron chi connectivity index (χ4n) is 2.77. The van der Waals surface area contributed by atoms with Crippen molar-refractivity contribution in [3.63, 3.8) is 0 Å². The molecule has 0 unspecified atom stereocenters. The van der Waals surface area contributed by atoms with Crippen molar-refractivity contribution in [1.82, 2.24) is 4.72 Å². The van der Waals surface area contributed by atoms with E-state index in [1.165, 1.54) is 6.07 Å². The van der Waals surface area contributed by atoms with Gasteiger partial charge in [-0.2, -0.15) is 0 Å². The van der Waals surface area contributed by atoms with E-state index in [0.29, 0.717) is 24.1 Å². The van der Waals surface area contributed by atoms with Gasteiger partial charge < -0.3 is 10.8 Å². The van der Waals surface area contributed by atoms with Crippen LogP contribution in [-0.4, -0.2) is 25.7 Å². The molecule has 1 aromatic carbocycles. The average molecular weight is 298 g/mol. The Morgan fingerprint density at radius 1 is 1.30 bits per heavy atom. The number of rotatable bonds is 4. The van der Waals surface area contributed by atoms with Crippen LogP contribution in [0.25, 0.3) is 0 Å². The Morgan fingerprint density at radius 2 is 1.95 bits per heavy atom. The number of nitrogens with one attached hydrogen (secondary N) is 1. The lowest BCUT2D eigenvalue weighted by Crippen LogP contribution is -2.52. The number of hydrogen-bond donors (Lipinski definition) is 3. The summed E-state index contributed by atoms with van der Waals surface area (Å²) < 4.78 is 27.8. The number of aryl methyl sites for hydroxylation is 1. The van der Waals surface area contributed by atoms with Crippen LogP contribution in [0.1, 0.15) is 37.7 Å². The van der Waals surface area contributed by atoms with E-state index in [-0.39, 0.29) is 11.5 Å². The number of nitrogens with two attached hydrogens (primary N) is 1. The maximum Gasteiger partial charge on any atom is 0.241 e. The Kier molecular flexibility index (Phi) is 4.36. The second-order valence-electron chi connectivity index (χ2n) is 5.63. The van der Waals surface area contributed by atoms with Gasteiger partial charge in [0.15, 0.2) is 0 Å². The SMILES string of the molecule is Cc1ccc(N)cc1S(=O)(=O)NC1(CO)CCCCC1. The predicted molar refractivity (Wildman–Crippen MR) is 78.8 cm³/mol. The quantitative estimate of drug-likeness (QED) is 0.735. The van der Waals surface area contributed by atoms with Crippen LogP contribution in [-0.2, 0) is 10.0 Å². The van der Waals surface area contributed by atoms with Crippen LogP contribution >= 0.6 is 0 Å². The Hall–Kier alpha value is -1.11. The van der Waals surface area contributed by atoms with E-state index in [2.05, 4.69) is 4.72 Å². The van der Waals surface area contributed by atoms with E-state index in [1.54, 1.807) is 19.1 Å². The van der Waals surface area contributed by atoms with Crippen LogP contribution in [0.4, 0.5) is 5.69 Å². The van der Waals surface area contributed by atoms with E-state index in [4.69, 9.17) is 5.73 Å². The number of aliphatic hydroxyl groups excluding tert-OH is 1. The third-order valence-electron chi connectivity index (χ3n) is 3.97. The second kappa shape index (κ2) is 5.71. The lowest BCUT2D eigenvalue weighted by atomic mass is 9.83. The second-order valence-corrected chi connectivity index (χ2v) is 7.28. The fraction of sp³-hybridized carbons (Fsp3) is 0.571. The summed E-state index contributed by atoms with van der Waals surface area (Å²) in [5.41, 5.74) is 6.02. The topological polar surface area (TPSA) is 92.4 Å². The standard InChI is InChI=1S/C14H22N2O3S/c1-11-5-6-12(15)9-13(11)20(18,19)16-14(10-17)7-3-2-4-8-14/h5-6,9,16-17H,2-4,7-8,10,15H2,1H3. The number of aliphatic hydroxyl groups is 1. The molecular weight excluding hydrogens is 276 g/mol. The fourth-order valence-corrected chi connectivity index (χ4v) is 4.50. The third kappa shape index (κ3) is 3.13. The molecule has 1 saturated carbocycles. The summed E-state index contributed by atoms with van der Waals surface area (Å²) in [7, 11) is -3.67. The molecule has 1 aliphatic carbocycles. The number of sulfonamides is 1. The molecule has 0 aromatic heterocycles. The molecule has 5 nitrogen and oxygen atoms in total. The van der Waals surface area contributed by atoms with Gasteiger partial charge in [0, 0.05) is 5.69 Å². The maximum atomic E-state index is 12.6. The minimum atomic E-state index is -3.67. The molecule has 0 amide bonds. The van der Waals surface area contributed by atoms with Gasteiger partial charge >= 0.3 is 0 Å². The summed E-state index contributed by atoms with van der Waals surface area (Å²) in [6.07, 6.45) is 4.28. The number of anilines is 1. The van der Waals surface area contributed by atoms with Crippen molar-refractivity contribution in [2.24, 2.45) is 0 Å².